The zero-order valence-electron chi connectivity index (χ0n) is 13.0. The third kappa shape index (κ3) is 2.67. The van der Waals surface area contributed by atoms with Crippen molar-refractivity contribution in [3.63, 3.8) is 0 Å². The zero-order valence-corrected chi connectivity index (χ0v) is 13.0. The molecule has 2 unspecified atom stereocenters. The molecule has 0 bridgehead atoms. The molecule has 0 aliphatic heterocycles. The van der Waals surface area contributed by atoms with E-state index in [4.69, 9.17) is 0 Å². The van der Waals surface area contributed by atoms with Gasteiger partial charge in [0.15, 0.2) is 0 Å². The lowest BCUT2D eigenvalue weighted by Gasteiger charge is -2.37. The lowest BCUT2D eigenvalue weighted by molar-refractivity contribution is -0.129. The maximum Gasteiger partial charge on any atom is 0.147 e. The van der Waals surface area contributed by atoms with Crippen LogP contribution in [0.3, 0.4) is 0 Å². The molecule has 0 spiro atoms. The maximum absolute atomic E-state index is 12.6. The van der Waals surface area contributed by atoms with E-state index >= 15 is 0 Å². The Balaban J connectivity index is 3.21. The van der Waals surface area contributed by atoms with Crippen molar-refractivity contribution >= 4 is 11.6 Å². The quantitative estimate of drug-likeness (QED) is 0.699. The summed E-state index contributed by atoms with van der Waals surface area (Å²) in [7, 11) is 0. The minimum Gasteiger partial charge on any atom is -0.299 e. The molecule has 0 saturated heterocycles. The lowest BCUT2D eigenvalue weighted by Crippen LogP contribution is -2.38. The summed E-state index contributed by atoms with van der Waals surface area (Å²) in [6.45, 7) is 14.5. The third-order valence-corrected chi connectivity index (χ3v) is 4.08. The molecule has 1 fully saturated rings. The van der Waals surface area contributed by atoms with Gasteiger partial charge in [-0.15, -0.1) is 0 Å². The molecule has 2 heteroatoms. The van der Waals surface area contributed by atoms with E-state index in [0.29, 0.717) is 0 Å². The molecular formula is C16H28O2. The maximum atomic E-state index is 12.6. The van der Waals surface area contributed by atoms with Crippen molar-refractivity contribution in [1.29, 1.82) is 0 Å². The Labute approximate surface area is 112 Å². The first kappa shape index (κ1) is 15.4. The monoisotopic (exact) mass is 252 g/mol. The molecule has 1 rings (SSSR count). The summed E-state index contributed by atoms with van der Waals surface area (Å²) in [6.07, 6.45) is 1.62. The summed E-state index contributed by atoms with van der Waals surface area (Å²) >= 11 is 0. The van der Waals surface area contributed by atoms with Crippen LogP contribution in [0.2, 0.25) is 0 Å². The van der Waals surface area contributed by atoms with Gasteiger partial charge in [0.25, 0.3) is 0 Å². The Morgan fingerprint density at radius 2 is 1.17 bits per heavy atom. The van der Waals surface area contributed by atoms with Crippen LogP contribution in [0, 0.1) is 28.6 Å². The van der Waals surface area contributed by atoms with Crippen LogP contribution in [0.5, 0.6) is 0 Å². The van der Waals surface area contributed by atoms with E-state index in [1.807, 2.05) is 6.92 Å². The summed E-state index contributed by atoms with van der Waals surface area (Å²) in [5.41, 5.74) is -0.264. The van der Waals surface area contributed by atoms with Crippen LogP contribution in [-0.2, 0) is 9.59 Å². The van der Waals surface area contributed by atoms with Gasteiger partial charge in [0.05, 0.1) is 5.92 Å². The number of carbonyl (C=O) groups excluding carboxylic acids is 2. The SMILES string of the molecule is CCCC1C(=O)C(C(C)(C)C)C(C(C)(C)C)C1=O. The Bertz CT molecular complexity index is 309. The van der Waals surface area contributed by atoms with Crippen molar-refractivity contribution < 1.29 is 9.59 Å². The predicted octanol–water partition coefficient (Wildman–Crippen LogP) is 3.88. The van der Waals surface area contributed by atoms with Crippen LogP contribution in [0.1, 0.15) is 61.3 Å². The molecule has 0 radical (unpaired) electrons. The highest BCUT2D eigenvalue weighted by molar-refractivity contribution is 6.12. The number of rotatable bonds is 2. The molecule has 0 aromatic rings. The second-order valence-corrected chi connectivity index (χ2v) is 7.83. The predicted molar refractivity (Wildman–Crippen MR) is 74.3 cm³/mol. The first-order chi connectivity index (χ1) is 8.01. The van der Waals surface area contributed by atoms with Gasteiger partial charge in [-0.05, 0) is 17.3 Å². The second-order valence-electron chi connectivity index (χ2n) is 7.83. The molecule has 0 aromatic carbocycles. The Morgan fingerprint density at radius 3 is 1.39 bits per heavy atom. The van der Waals surface area contributed by atoms with Gasteiger partial charge in [-0.3, -0.25) is 9.59 Å². The highest BCUT2D eigenvalue weighted by Crippen LogP contribution is 2.49. The van der Waals surface area contributed by atoms with Crippen LogP contribution in [0.4, 0.5) is 0 Å². The molecule has 1 aliphatic carbocycles. The first-order valence-electron chi connectivity index (χ1n) is 7.09. The minimum absolute atomic E-state index is 0.124. The molecule has 2 atom stereocenters. The van der Waals surface area contributed by atoms with Gasteiger partial charge in [0, 0.05) is 11.8 Å². The summed E-state index contributed by atoms with van der Waals surface area (Å²) in [5, 5.41) is 0. The van der Waals surface area contributed by atoms with Crippen molar-refractivity contribution in [2.24, 2.45) is 28.6 Å². The molecule has 104 valence electrons. The van der Waals surface area contributed by atoms with Gasteiger partial charge in [-0.2, -0.15) is 0 Å². The number of Topliss-reactive ketones (excluding diaryl/α,β-unsaturated/α-hetero) is 2. The van der Waals surface area contributed by atoms with Crippen molar-refractivity contribution in [2.75, 3.05) is 0 Å². The average molecular weight is 252 g/mol. The van der Waals surface area contributed by atoms with Crippen molar-refractivity contribution in [2.45, 2.75) is 61.3 Å². The molecule has 1 aliphatic rings. The van der Waals surface area contributed by atoms with E-state index < -0.39 is 0 Å². The summed E-state index contributed by atoms with van der Waals surface area (Å²) < 4.78 is 0. The van der Waals surface area contributed by atoms with E-state index in [1.54, 1.807) is 0 Å². The number of ketones is 2. The van der Waals surface area contributed by atoms with Gasteiger partial charge < -0.3 is 0 Å². The molecule has 0 aromatic heterocycles. The zero-order chi connectivity index (χ0) is 14.3. The standard InChI is InChI=1S/C16H28O2/c1-8-9-10-13(17)11(15(2,3)4)12(14(10)18)16(5,6)7/h10-12H,8-9H2,1-7H3. The molecule has 0 N–H and O–H groups in total. The lowest BCUT2D eigenvalue weighted by atomic mass is 9.65. The van der Waals surface area contributed by atoms with E-state index in [0.717, 1.165) is 12.8 Å². The fraction of sp³-hybridized carbons (Fsp3) is 0.875. The second kappa shape index (κ2) is 4.79. The first-order valence-corrected chi connectivity index (χ1v) is 7.09. The van der Waals surface area contributed by atoms with Crippen LogP contribution < -0.4 is 0 Å². The Hall–Kier alpha value is -0.660. The van der Waals surface area contributed by atoms with Crippen LogP contribution in [-0.4, -0.2) is 11.6 Å². The molecule has 1 saturated carbocycles. The van der Waals surface area contributed by atoms with E-state index in [9.17, 15) is 9.59 Å². The third-order valence-electron chi connectivity index (χ3n) is 4.08. The summed E-state index contributed by atoms with van der Waals surface area (Å²) in [6, 6.07) is 0. The van der Waals surface area contributed by atoms with Gasteiger partial charge in [0.2, 0.25) is 0 Å². The number of carbonyl (C=O) groups is 2. The van der Waals surface area contributed by atoms with Crippen LogP contribution >= 0.6 is 0 Å². The van der Waals surface area contributed by atoms with Gasteiger partial charge in [0.1, 0.15) is 11.6 Å². The Morgan fingerprint density at radius 1 is 0.833 bits per heavy atom. The molecule has 0 heterocycles. The van der Waals surface area contributed by atoms with E-state index in [2.05, 4.69) is 41.5 Å². The van der Waals surface area contributed by atoms with E-state index in [-0.39, 0.29) is 40.2 Å². The molecular weight excluding hydrogens is 224 g/mol. The number of hydrogen-bond donors (Lipinski definition) is 0. The topological polar surface area (TPSA) is 34.1 Å². The average Bonchev–Trinajstić information content (AvgIpc) is 2.40. The van der Waals surface area contributed by atoms with Crippen molar-refractivity contribution in [3.05, 3.63) is 0 Å². The molecule has 0 amide bonds. The van der Waals surface area contributed by atoms with Crippen LogP contribution in [0.15, 0.2) is 0 Å². The van der Waals surface area contributed by atoms with Crippen LogP contribution in [0.25, 0.3) is 0 Å². The van der Waals surface area contributed by atoms with E-state index in [1.165, 1.54) is 0 Å². The van der Waals surface area contributed by atoms with Gasteiger partial charge in [-0.25, -0.2) is 0 Å². The normalized spacial score (nSPS) is 30.1. The minimum atomic E-state index is -0.344. The summed E-state index contributed by atoms with van der Waals surface area (Å²) in [5.74, 6) is -0.213. The Kier molecular flexibility index (Phi) is 4.10. The largest absolute Gasteiger partial charge is 0.299 e. The summed E-state index contributed by atoms with van der Waals surface area (Å²) in [4.78, 5) is 25.2. The van der Waals surface area contributed by atoms with Crippen molar-refractivity contribution in [3.8, 4) is 0 Å². The highest BCUT2D eigenvalue weighted by Gasteiger charge is 2.56. The molecule has 2 nitrogen and oxygen atoms in total. The van der Waals surface area contributed by atoms with Crippen molar-refractivity contribution in [1.82, 2.24) is 0 Å². The number of hydrogen-bond acceptors (Lipinski definition) is 2. The fourth-order valence-corrected chi connectivity index (χ4v) is 3.33. The molecule has 18 heavy (non-hydrogen) atoms. The highest BCUT2D eigenvalue weighted by atomic mass is 16.2. The van der Waals surface area contributed by atoms with Gasteiger partial charge in [-0.1, -0.05) is 54.9 Å². The van der Waals surface area contributed by atoms with Gasteiger partial charge >= 0.3 is 0 Å². The fourth-order valence-electron chi connectivity index (χ4n) is 3.33. The smallest absolute Gasteiger partial charge is 0.147 e.